The number of hydrogen-bond acceptors (Lipinski definition) is 3. The summed E-state index contributed by atoms with van der Waals surface area (Å²) in [7, 11) is 3.60. The molecule has 0 unspecified atom stereocenters. The fourth-order valence-electron chi connectivity index (χ4n) is 2.39. The van der Waals surface area contributed by atoms with Crippen LogP contribution in [0.3, 0.4) is 0 Å². The summed E-state index contributed by atoms with van der Waals surface area (Å²) in [5.41, 5.74) is 1.49. The summed E-state index contributed by atoms with van der Waals surface area (Å²) >= 11 is 0. The van der Waals surface area contributed by atoms with Crippen molar-refractivity contribution in [2.75, 3.05) is 6.54 Å². The lowest BCUT2D eigenvalue weighted by Gasteiger charge is -2.05. The number of amides is 1. The van der Waals surface area contributed by atoms with Crippen LogP contribution >= 0.6 is 0 Å². The van der Waals surface area contributed by atoms with E-state index >= 15 is 0 Å². The van der Waals surface area contributed by atoms with Gasteiger partial charge in [-0.3, -0.25) is 4.79 Å². The zero-order chi connectivity index (χ0) is 15.7. The van der Waals surface area contributed by atoms with Gasteiger partial charge in [-0.2, -0.15) is 0 Å². The fourth-order valence-corrected chi connectivity index (χ4v) is 2.39. The molecule has 1 amide bonds. The van der Waals surface area contributed by atoms with Crippen LogP contribution in [-0.2, 0) is 20.5 Å². The molecule has 1 aromatic carbocycles. The van der Waals surface area contributed by atoms with Gasteiger partial charge in [-0.15, -0.1) is 0 Å². The lowest BCUT2D eigenvalue weighted by molar-refractivity contribution is 0.0940. The number of nitrogens with zero attached hydrogens (tertiary/aromatic N) is 4. The SMILES string of the molecule is Cn1ccnc1C(=O)NCCc1nc2ccc(F)cc2n1C. The van der Waals surface area contributed by atoms with Crippen LogP contribution in [0.2, 0.25) is 0 Å². The molecular weight excluding hydrogens is 285 g/mol. The second-order valence-electron chi connectivity index (χ2n) is 5.09. The summed E-state index contributed by atoms with van der Waals surface area (Å²) in [6.07, 6.45) is 3.85. The van der Waals surface area contributed by atoms with E-state index in [4.69, 9.17) is 0 Å². The number of carbonyl (C=O) groups is 1. The summed E-state index contributed by atoms with van der Waals surface area (Å²) < 4.78 is 16.8. The number of aryl methyl sites for hydroxylation is 2. The Morgan fingerprint density at radius 1 is 1.36 bits per heavy atom. The Labute approximate surface area is 126 Å². The van der Waals surface area contributed by atoms with Crippen LogP contribution in [-0.4, -0.2) is 31.6 Å². The summed E-state index contributed by atoms with van der Waals surface area (Å²) in [6, 6.07) is 4.50. The number of rotatable bonds is 4. The molecule has 0 aliphatic heterocycles. The number of benzene rings is 1. The molecule has 0 bridgehead atoms. The molecule has 114 valence electrons. The molecule has 6 nitrogen and oxygen atoms in total. The van der Waals surface area contributed by atoms with Gasteiger partial charge in [0.25, 0.3) is 5.91 Å². The van der Waals surface area contributed by atoms with Gasteiger partial charge in [-0.1, -0.05) is 0 Å². The van der Waals surface area contributed by atoms with Crippen LogP contribution < -0.4 is 5.32 Å². The summed E-state index contributed by atoms with van der Waals surface area (Å²) in [5, 5.41) is 2.81. The van der Waals surface area contributed by atoms with E-state index in [9.17, 15) is 9.18 Å². The predicted octanol–water partition coefficient (Wildman–Crippen LogP) is 1.42. The lowest BCUT2D eigenvalue weighted by atomic mass is 10.3. The molecular formula is C15H16FN5O. The largest absolute Gasteiger partial charge is 0.349 e. The minimum Gasteiger partial charge on any atom is -0.349 e. The smallest absolute Gasteiger partial charge is 0.287 e. The molecule has 3 rings (SSSR count). The van der Waals surface area contributed by atoms with E-state index in [1.807, 2.05) is 11.6 Å². The zero-order valence-electron chi connectivity index (χ0n) is 12.4. The van der Waals surface area contributed by atoms with Gasteiger partial charge in [-0.05, 0) is 18.2 Å². The number of hydrogen-bond donors (Lipinski definition) is 1. The summed E-state index contributed by atoms with van der Waals surface area (Å²) in [4.78, 5) is 20.4. The van der Waals surface area contributed by atoms with E-state index in [2.05, 4.69) is 15.3 Å². The molecule has 0 fully saturated rings. The molecule has 22 heavy (non-hydrogen) atoms. The summed E-state index contributed by atoms with van der Waals surface area (Å²) in [6.45, 7) is 0.436. The second-order valence-corrected chi connectivity index (χ2v) is 5.09. The van der Waals surface area contributed by atoms with Gasteiger partial charge < -0.3 is 14.5 Å². The third kappa shape index (κ3) is 2.57. The first kappa shape index (κ1) is 14.2. The number of imidazole rings is 2. The highest BCUT2D eigenvalue weighted by molar-refractivity contribution is 5.90. The Morgan fingerprint density at radius 3 is 2.91 bits per heavy atom. The van der Waals surface area contributed by atoms with E-state index in [-0.39, 0.29) is 11.7 Å². The standard InChI is InChI=1S/C15H16FN5O/c1-20-8-7-17-14(20)15(22)18-6-5-13-19-11-4-3-10(16)9-12(11)21(13)2/h3-4,7-9H,5-6H2,1-2H3,(H,18,22). The minimum absolute atomic E-state index is 0.225. The molecule has 2 heterocycles. The van der Waals surface area contributed by atoms with Gasteiger partial charge in [0.2, 0.25) is 0 Å². The van der Waals surface area contributed by atoms with Crippen molar-refractivity contribution in [2.24, 2.45) is 14.1 Å². The van der Waals surface area contributed by atoms with Gasteiger partial charge in [0.05, 0.1) is 11.0 Å². The molecule has 0 aliphatic rings. The Hall–Kier alpha value is -2.70. The van der Waals surface area contributed by atoms with Gasteiger partial charge in [0, 0.05) is 39.5 Å². The maximum atomic E-state index is 13.3. The highest BCUT2D eigenvalue weighted by Gasteiger charge is 2.12. The van der Waals surface area contributed by atoms with Crippen molar-refractivity contribution in [1.29, 1.82) is 0 Å². The van der Waals surface area contributed by atoms with E-state index in [0.29, 0.717) is 18.8 Å². The molecule has 0 saturated carbocycles. The number of aromatic nitrogens is 4. The average Bonchev–Trinajstić information content (AvgIpc) is 3.04. The highest BCUT2D eigenvalue weighted by atomic mass is 19.1. The first-order chi connectivity index (χ1) is 10.6. The zero-order valence-corrected chi connectivity index (χ0v) is 12.4. The number of fused-ring (bicyclic) bond motifs is 1. The van der Waals surface area contributed by atoms with Crippen molar-refractivity contribution >= 4 is 16.9 Å². The van der Waals surface area contributed by atoms with Gasteiger partial charge in [0.1, 0.15) is 11.6 Å². The molecule has 0 atom stereocenters. The van der Waals surface area contributed by atoms with Crippen molar-refractivity contribution in [3.8, 4) is 0 Å². The normalized spacial score (nSPS) is 11.0. The monoisotopic (exact) mass is 301 g/mol. The second kappa shape index (κ2) is 5.59. The van der Waals surface area contributed by atoms with Crippen molar-refractivity contribution in [1.82, 2.24) is 24.4 Å². The molecule has 0 saturated heterocycles. The van der Waals surface area contributed by atoms with Gasteiger partial charge in [0.15, 0.2) is 5.82 Å². The van der Waals surface area contributed by atoms with E-state index in [1.165, 1.54) is 12.1 Å². The van der Waals surface area contributed by atoms with Crippen LogP contribution in [0.4, 0.5) is 4.39 Å². The van der Waals surface area contributed by atoms with Crippen molar-refractivity contribution in [3.05, 3.63) is 48.1 Å². The lowest BCUT2D eigenvalue weighted by Crippen LogP contribution is -2.28. The number of halogens is 1. The third-order valence-electron chi connectivity index (χ3n) is 3.59. The molecule has 0 aliphatic carbocycles. The van der Waals surface area contributed by atoms with Crippen molar-refractivity contribution in [3.63, 3.8) is 0 Å². The number of nitrogens with one attached hydrogen (secondary N) is 1. The maximum absolute atomic E-state index is 13.3. The minimum atomic E-state index is -0.287. The molecule has 7 heteroatoms. The third-order valence-corrected chi connectivity index (χ3v) is 3.59. The Bertz CT molecular complexity index is 836. The highest BCUT2D eigenvalue weighted by Crippen LogP contribution is 2.16. The molecule has 1 N–H and O–H groups in total. The van der Waals surface area contributed by atoms with Crippen molar-refractivity contribution in [2.45, 2.75) is 6.42 Å². The van der Waals surface area contributed by atoms with Crippen LogP contribution in [0.15, 0.2) is 30.6 Å². The quantitative estimate of drug-likeness (QED) is 0.792. The maximum Gasteiger partial charge on any atom is 0.287 e. The molecule has 2 aromatic heterocycles. The van der Waals surface area contributed by atoms with Crippen LogP contribution in [0.5, 0.6) is 0 Å². The van der Waals surface area contributed by atoms with E-state index in [0.717, 1.165) is 16.9 Å². The summed E-state index contributed by atoms with van der Waals surface area (Å²) in [5.74, 6) is 0.648. The van der Waals surface area contributed by atoms with Crippen LogP contribution in [0.1, 0.15) is 16.4 Å². The van der Waals surface area contributed by atoms with Gasteiger partial charge >= 0.3 is 0 Å². The first-order valence-corrected chi connectivity index (χ1v) is 6.92. The molecule has 0 spiro atoms. The van der Waals surface area contributed by atoms with E-state index in [1.54, 1.807) is 30.1 Å². The van der Waals surface area contributed by atoms with Crippen LogP contribution in [0, 0.1) is 5.82 Å². The Balaban J connectivity index is 1.68. The van der Waals surface area contributed by atoms with Crippen LogP contribution in [0.25, 0.3) is 11.0 Å². The van der Waals surface area contributed by atoms with Crippen molar-refractivity contribution < 1.29 is 9.18 Å². The topological polar surface area (TPSA) is 64.7 Å². The molecule has 3 aromatic rings. The van der Waals surface area contributed by atoms with Gasteiger partial charge in [-0.25, -0.2) is 14.4 Å². The Kier molecular flexibility index (Phi) is 3.62. The average molecular weight is 301 g/mol. The predicted molar refractivity (Wildman–Crippen MR) is 79.9 cm³/mol. The van der Waals surface area contributed by atoms with E-state index < -0.39 is 0 Å². The first-order valence-electron chi connectivity index (χ1n) is 6.92. The Morgan fingerprint density at radius 2 is 2.18 bits per heavy atom. The fraction of sp³-hybridized carbons (Fsp3) is 0.267. The number of carbonyl (C=O) groups excluding carboxylic acids is 1. The molecule has 0 radical (unpaired) electrons.